The molecule has 92 valence electrons. The van der Waals surface area contributed by atoms with Crippen LogP contribution in [-0.2, 0) is 4.79 Å². The molecule has 5 heteroatoms. The molecule has 1 heterocycles. The van der Waals surface area contributed by atoms with E-state index in [9.17, 15) is 9.90 Å². The zero-order chi connectivity index (χ0) is 13.0. The molecule has 0 bridgehead atoms. The summed E-state index contributed by atoms with van der Waals surface area (Å²) in [6.07, 6.45) is 4.34. The maximum atomic E-state index is 11.6. The Bertz CT molecular complexity index is 576. The van der Waals surface area contributed by atoms with Crippen LogP contribution in [0.1, 0.15) is 5.76 Å². The van der Waals surface area contributed by atoms with Crippen LogP contribution in [0.5, 0.6) is 5.75 Å². The Morgan fingerprint density at radius 2 is 2.22 bits per heavy atom. The Morgan fingerprint density at radius 1 is 1.39 bits per heavy atom. The number of aromatic hydroxyl groups is 1. The van der Waals surface area contributed by atoms with Gasteiger partial charge in [-0.1, -0.05) is 11.6 Å². The van der Waals surface area contributed by atoms with Crippen LogP contribution in [0.3, 0.4) is 0 Å². The molecule has 2 aromatic rings. The predicted octanol–water partition coefficient (Wildman–Crippen LogP) is 3.29. The van der Waals surface area contributed by atoms with Crippen LogP contribution in [0.25, 0.3) is 6.08 Å². The first-order valence-corrected chi connectivity index (χ1v) is 5.54. The molecule has 1 aromatic heterocycles. The average molecular weight is 264 g/mol. The minimum Gasteiger partial charge on any atom is -0.506 e. The number of phenols is 1. The smallest absolute Gasteiger partial charge is 0.248 e. The van der Waals surface area contributed by atoms with Crippen molar-refractivity contribution in [1.82, 2.24) is 0 Å². The van der Waals surface area contributed by atoms with E-state index in [0.717, 1.165) is 0 Å². The molecule has 0 saturated carbocycles. The van der Waals surface area contributed by atoms with Crippen molar-refractivity contribution in [3.8, 4) is 5.75 Å². The molecule has 18 heavy (non-hydrogen) atoms. The van der Waals surface area contributed by atoms with Gasteiger partial charge in [0.05, 0.1) is 12.0 Å². The van der Waals surface area contributed by atoms with E-state index in [1.165, 1.54) is 36.6 Å². The summed E-state index contributed by atoms with van der Waals surface area (Å²) in [5.41, 5.74) is 0.261. The van der Waals surface area contributed by atoms with E-state index >= 15 is 0 Å². The van der Waals surface area contributed by atoms with Gasteiger partial charge in [-0.05, 0) is 36.4 Å². The van der Waals surface area contributed by atoms with Crippen LogP contribution >= 0.6 is 11.6 Å². The number of benzene rings is 1. The minimum absolute atomic E-state index is 0.0425. The first kappa shape index (κ1) is 12.3. The number of hydrogen-bond acceptors (Lipinski definition) is 3. The number of carbonyl (C=O) groups is 1. The van der Waals surface area contributed by atoms with Crippen LogP contribution in [0.4, 0.5) is 5.69 Å². The summed E-state index contributed by atoms with van der Waals surface area (Å²) in [7, 11) is 0. The summed E-state index contributed by atoms with van der Waals surface area (Å²) >= 11 is 5.76. The zero-order valence-electron chi connectivity index (χ0n) is 9.26. The number of amides is 1. The van der Waals surface area contributed by atoms with Gasteiger partial charge in [0.15, 0.2) is 0 Å². The second-order valence-corrected chi connectivity index (χ2v) is 3.94. The fourth-order valence-corrected chi connectivity index (χ4v) is 1.50. The van der Waals surface area contributed by atoms with Crippen molar-refractivity contribution in [1.29, 1.82) is 0 Å². The molecule has 0 radical (unpaired) electrons. The van der Waals surface area contributed by atoms with Crippen molar-refractivity contribution in [2.75, 3.05) is 5.32 Å². The Hall–Kier alpha value is -2.20. The topological polar surface area (TPSA) is 62.5 Å². The molecule has 0 aliphatic carbocycles. The molecule has 0 atom stereocenters. The molecule has 0 saturated heterocycles. The highest BCUT2D eigenvalue weighted by Gasteiger charge is 2.04. The highest BCUT2D eigenvalue weighted by molar-refractivity contribution is 6.31. The average Bonchev–Trinajstić information content (AvgIpc) is 2.84. The van der Waals surface area contributed by atoms with Crippen molar-refractivity contribution in [2.45, 2.75) is 0 Å². The van der Waals surface area contributed by atoms with Crippen molar-refractivity contribution in [3.05, 3.63) is 53.5 Å². The molecule has 2 rings (SSSR count). The molecule has 0 spiro atoms. The number of carbonyl (C=O) groups excluding carboxylic acids is 1. The summed E-state index contributed by atoms with van der Waals surface area (Å²) in [6.45, 7) is 0. The molecular formula is C13H10ClNO3. The normalized spacial score (nSPS) is 10.7. The number of anilines is 1. The van der Waals surface area contributed by atoms with Crippen molar-refractivity contribution in [2.24, 2.45) is 0 Å². The van der Waals surface area contributed by atoms with Gasteiger partial charge in [-0.3, -0.25) is 4.79 Å². The van der Waals surface area contributed by atoms with Crippen LogP contribution in [0, 0.1) is 0 Å². The van der Waals surface area contributed by atoms with Crippen LogP contribution in [-0.4, -0.2) is 11.0 Å². The lowest BCUT2D eigenvalue weighted by molar-refractivity contribution is -0.111. The third-order valence-corrected chi connectivity index (χ3v) is 2.39. The molecule has 0 fully saturated rings. The first-order chi connectivity index (χ1) is 8.65. The molecule has 0 unspecified atom stereocenters. The summed E-state index contributed by atoms with van der Waals surface area (Å²) < 4.78 is 5.04. The SMILES string of the molecule is O=C(/C=C/c1ccco1)Nc1cc(Cl)ccc1O. The van der Waals surface area contributed by atoms with Gasteiger partial charge >= 0.3 is 0 Å². The minimum atomic E-state index is -0.385. The van der Waals surface area contributed by atoms with Gasteiger partial charge in [0, 0.05) is 11.1 Å². The quantitative estimate of drug-likeness (QED) is 0.660. The largest absolute Gasteiger partial charge is 0.506 e. The monoisotopic (exact) mass is 263 g/mol. The number of halogens is 1. The van der Waals surface area contributed by atoms with Gasteiger partial charge in [-0.15, -0.1) is 0 Å². The lowest BCUT2D eigenvalue weighted by Gasteiger charge is -2.04. The van der Waals surface area contributed by atoms with Crippen LogP contribution in [0.15, 0.2) is 47.1 Å². The molecule has 0 aliphatic rings. The van der Waals surface area contributed by atoms with Gasteiger partial charge in [0.25, 0.3) is 0 Å². The summed E-state index contributed by atoms with van der Waals surface area (Å²) in [5, 5.41) is 12.5. The Kier molecular flexibility index (Phi) is 3.69. The van der Waals surface area contributed by atoms with Gasteiger partial charge in [-0.2, -0.15) is 0 Å². The number of phenolic OH excluding ortho intramolecular Hbond substituents is 1. The van der Waals surface area contributed by atoms with E-state index in [4.69, 9.17) is 16.0 Å². The lowest BCUT2D eigenvalue weighted by atomic mass is 10.3. The molecule has 2 N–H and O–H groups in total. The summed E-state index contributed by atoms with van der Waals surface area (Å²) in [4.78, 5) is 11.6. The van der Waals surface area contributed by atoms with E-state index in [0.29, 0.717) is 10.8 Å². The molecular weight excluding hydrogens is 254 g/mol. The van der Waals surface area contributed by atoms with Gasteiger partial charge in [-0.25, -0.2) is 0 Å². The van der Waals surface area contributed by atoms with Crippen molar-refractivity contribution < 1.29 is 14.3 Å². The highest BCUT2D eigenvalue weighted by Crippen LogP contribution is 2.26. The van der Waals surface area contributed by atoms with Gasteiger partial charge in [0.1, 0.15) is 11.5 Å². The molecule has 1 amide bonds. The fraction of sp³-hybridized carbons (Fsp3) is 0. The predicted molar refractivity (Wildman–Crippen MR) is 69.5 cm³/mol. The Labute approximate surface area is 108 Å². The highest BCUT2D eigenvalue weighted by atomic mass is 35.5. The van der Waals surface area contributed by atoms with E-state index in [2.05, 4.69) is 5.32 Å². The maximum absolute atomic E-state index is 11.6. The van der Waals surface area contributed by atoms with Crippen LogP contribution < -0.4 is 5.32 Å². The molecule has 1 aromatic carbocycles. The van der Waals surface area contributed by atoms with E-state index in [-0.39, 0.29) is 17.3 Å². The number of nitrogens with one attached hydrogen (secondary N) is 1. The van der Waals surface area contributed by atoms with Gasteiger partial charge in [0.2, 0.25) is 5.91 Å². The molecule has 0 aliphatic heterocycles. The maximum Gasteiger partial charge on any atom is 0.248 e. The summed E-state index contributed by atoms with van der Waals surface area (Å²) in [6, 6.07) is 7.86. The molecule has 4 nitrogen and oxygen atoms in total. The van der Waals surface area contributed by atoms with E-state index in [1.54, 1.807) is 12.1 Å². The number of hydrogen-bond donors (Lipinski definition) is 2. The van der Waals surface area contributed by atoms with E-state index < -0.39 is 0 Å². The Morgan fingerprint density at radius 3 is 2.94 bits per heavy atom. The van der Waals surface area contributed by atoms with Crippen molar-refractivity contribution >= 4 is 29.3 Å². The van der Waals surface area contributed by atoms with Crippen molar-refractivity contribution in [3.63, 3.8) is 0 Å². The van der Waals surface area contributed by atoms with Gasteiger partial charge < -0.3 is 14.8 Å². The Balaban J connectivity index is 2.05. The lowest BCUT2D eigenvalue weighted by Crippen LogP contribution is -2.07. The second kappa shape index (κ2) is 5.42. The van der Waals surface area contributed by atoms with E-state index in [1.807, 2.05) is 0 Å². The number of furan rings is 1. The fourth-order valence-electron chi connectivity index (χ4n) is 1.33. The zero-order valence-corrected chi connectivity index (χ0v) is 10.0. The third-order valence-electron chi connectivity index (χ3n) is 2.16. The second-order valence-electron chi connectivity index (χ2n) is 3.50. The number of rotatable bonds is 3. The first-order valence-electron chi connectivity index (χ1n) is 5.16. The third kappa shape index (κ3) is 3.15. The standard InChI is InChI=1S/C13H10ClNO3/c14-9-3-5-12(16)11(8-9)15-13(17)6-4-10-2-1-7-18-10/h1-8,16H,(H,15,17)/b6-4+. The summed E-state index contributed by atoms with van der Waals surface area (Å²) in [5.74, 6) is 0.142. The van der Waals surface area contributed by atoms with Crippen LogP contribution in [0.2, 0.25) is 5.02 Å².